The fraction of sp³-hybridized carbons (Fsp3) is 0.538. The fourth-order valence-corrected chi connectivity index (χ4v) is 2.11. The highest BCUT2D eigenvalue weighted by Crippen LogP contribution is 2.20. The van der Waals surface area contributed by atoms with Crippen molar-refractivity contribution in [2.75, 3.05) is 18.9 Å². The number of nitrogens with one attached hydrogen (secondary N) is 1. The molecule has 1 amide bonds. The Labute approximate surface area is 107 Å². The lowest BCUT2D eigenvalue weighted by atomic mass is 10.3. The zero-order valence-electron chi connectivity index (χ0n) is 10.4. The van der Waals surface area contributed by atoms with Crippen LogP contribution in [0.4, 0.5) is 5.82 Å². The van der Waals surface area contributed by atoms with Crippen LogP contribution in [0, 0.1) is 0 Å². The van der Waals surface area contributed by atoms with Crippen LogP contribution in [0.3, 0.4) is 0 Å². The molecule has 0 atom stereocenters. The van der Waals surface area contributed by atoms with E-state index in [0.717, 1.165) is 12.8 Å². The van der Waals surface area contributed by atoms with E-state index in [9.17, 15) is 4.79 Å². The van der Waals surface area contributed by atoms with E-state index in [4.69, 9.17) is 10.5 Å². The first kappa shape index (κ1) is 12.8. The lowest BCUT2D eigenvalue weighted by molar-refractivity contribution is 0.0581. The molecule has 98 valence electrons. The van der Waals surface area contributed by atoms with Crippen LogP contribution in [0.25, 0.3) is 0 Å². The molecule has 0 bridgehead atoms. The summed E-state index contributed by atoms with van der Waals surface area (Å²) >= 11 is 0. The molecule has 0 radical (unpaired) electrons. The predicted molar refractivity (Wildman–Crippen MR) is 69.2 cm³/mol. The Morgan fingerprint density at radius 3 is 2.94 bits per heavy atom. The maximum Gasteiger partial charge on any atom is 0.270 e. The quantitative estimate of drug-likeness (QED) is 0.772. The van der Waals surface area contributed by atoms with E-state index >= 15 is 0 Å². The Morgan fingerprint density at radius 2 is 2.22 bits per heavy atom. The summed E-state index contributed by atoms with van der Waals surface area (Å²) in [5.74, 6) is 0.141. The molecule has 1 aromatic heterocycles. The maximum absolute atomic E-state index is 11.7. The summed E-state index contributed by atoms with van der Waals surface area (Å²) in [5, 5.41) is 2.77. The molecule has 0 unspecified atom stereocenters. The molecule has 1 aromatic rings. The first-order valence-electron chi connectivity index (χ1n) is 6.38. The number of nitrogen functional groups attached to an aromatic ring is 1. The Balaban J connectivity index is 1.68. The number of carbonyl (C=O) groups excluding carboxylic acids is 1. The minimum Gasteiger partial charge on any atom is -0.384 e. The Bertz CT molecular complexity index is 403. The molecule has 0 spiro atoms. The van der Waals surface area contributed by atoms with Gasteiger partial charge in [0.1, 0.15) is 11.5 Å². The van der Waals surface area contributed by atoms with Crippen LogP contribution >= 0.6 is 0 Å². The Hall–Kier alpha value is -1.62. The Morgan fingerprint density at radius 1 is 1.44 bits per heavy atom. The summed E-state index contributed by atoms with van der Waals surface area (Å²) in [6.45, 7) is 1.06. The van der Waals surface area contributed by atoms with Gasteiger partial charge in [0.05, 0.1) is 12.7 Å². The third kappa shape index (κ3) is 3.70. The number of rotatable bonds is 5. The summed E-state index contributed by atoms with van der Waals surface area (Å²) in [6.07, 6.45) is 5.18. The minimum atomic E-state index is -0.211. The highest BCUT2D eigenvalue weighted by atomic mass is 16.5. The first-order chi connectivity index (χ1) is 8.75. The van der Waals surface area contributed by atoms with Crippen molar-refractivity contribution < 1.29 is 9.53 Å². The number of nitrogens with zero attached hydrogens (tertiary/aromatic N) is 1. The number of hydrogen-bond donors (Lipinski definition) is 2. The summed E-state index contributed by atoms with van der Waals surface area (Å²) in [6, 6.07) is 5.01. The number of carbonyl (C=O) groups is 1. The second-order valence-electron chi connectivity index (χ2n) is 4.48. The van der Waals surface area contributed by atoms with E-state index in [-0.39, 0.29) is 5.91 Å². The number of nitrogens with two attached hydrogens (primary N) is 1. The van der Waals surface area contributed by atoms with Crippen LogP contribution in [0.2, 0.25) is 0 Å². The Kier molecular flexibility index (Phi) is 4.52. The second-order valence-corrected chi connectivity index (χ2v) is 4.48. The number of hydrogen-bond acceptors (Lipinski definition) is 4. The zero-order valence-corrected chi connectivity index (χ0v) is 10.4. The van der Waals surface area contributed by atoms with Gasteiger partial charge in [-0.1, -0.05) is 18.9 Å². The topological polar surface area (TPSA) is 77.2 Å². The van der Waals surface area contributed by atoms with Crippen molar-refractivity contribution in [1.29, 1.82) is 0 Å². The fourth-order valence-electron chi connectivity index (χ4n) is 2.11. The van der Waals surface area contributed by atoms with Crippen molar-refractivity contribution in [3.8, 4) is 0 Å². The van der Waals surface area contributed by atoms with E-state index in [1.54, 1.807) is 18.2 Å². The number of ether oxygens (including phenoxy) is 1. The number of anilines is 1. The summed E-state index contributed by atoms with van der Waals surface area (Å²) < 4.78 is 5.65. The number of aromatic nitrogens is 1. The van der Waals surface area contributed by atoms with Gasteiger partial charge < -0.3 is 15.8 Å². The van der Waals surface area contributed by atoms with Crippen molar-refractivity contribution >= 4 is 11.7 Å². The average molecular weight is 249 g/mol. The molecule has 1 aliphatic carbocycles. The van der Waals surface area contributed by atoms with Crippen molar-refractivity contribution in [3.63, 3.8) is 0 Å². The molecular weight excluding hydrogens is 230 g/mol. The third-order valence-electron chi connectivity index (χ3n) is 3.05. The molecular formula is C13H19N3O2. The van der Waals surface area contributed by atoms with Gasteiger partial charge in [0, 0.05) is 6.54 Å². The smallest absolute Gasteiger partial charge is 0.270 e. The molecule has 1 aliphatic rings. The molecule has 2 rings (SSSR count). The molecule has 0 aliphatic heterocycles. The molecule has 18 heavy (non-hydrogen) atoms. The van der Waals surface area contributed by atoms with E-state index < -0.39 is 0 Å². The molecule has 1 saturated carbocycles. The SMILES string of the molecule is Nc1cccc(C(=O)NCCOC2CCCC2)n1. The standard InChI is InChI=1S/C13H19N3O2/c14-12-7-3-6-11(16-12)13(17)15-8-9-18-10-4-1-2-5-10/h3,6-7,10H,1-2,4-5,8-9H2,(H2,14,16)(H,15,17). The van der Waals surface area contributed by atoms with Crippen LogP contribution in [-0.4, -0.2) is 30.1 Å². The van der Waals surface area contributed by atoms with E-state index in [1.807, 2.05) is 0 Å². The molecule has 0 saturated heterocycles. The van der Waals surface area contributed by atoms with Crippen LogP contribution < -0.4 is 11.1 Å². The van der Waals surface area contributed by atoms with Gasteiger partial charge in [-0.2, -0.15) is 0 Å². The monoisotopic (exact) mass is 249 g/mol. The van der Waals surface area contributed by atoms with Crippen LogP contribution in [0.5, 0.6) is 0 Å². The third-order valence-corrected chi connectivity index (χ3v) is 3.05. The highest BCUT2D eigenvalue weighted by Gasteiger charge is 2.15. The molecule has 0 aromatic carbocycles. The van der Waals surface area contributed by atoms with Crippen molar-refractivity contribution in [2.24, 2.45) is 0 Å². The van der Waals surface area contributed by atoms with Gasteiger partial charge in [0.15, 0.2) is 0 Å². The van der Waals surface area contributed by atoms with Gasteiger partial charge in [-0.15, -0.1) is 0 Å². The predicted octanol–water partition coefficient (Wildman–Crippen LogP) is 1.35. The molecule has 3 N–H and O–H groups in total. The largest absolute Gasteiger partial charge is 0.384 e. The lowest BCUT2D eigenvalue weighted by Crippen LogP contribution is -2.29. The highest BCUT2D eigenvalue weighted by molar-refractivity contribution is 5.92. The van der Waals surface area contributed by atoms with Crippen LogP contribution in [0.1, 0.15) is 36.2 Å². The van der Waals surface area contributed by atoms with Gasteiger partial charge in [0.25, 0.3) is 5.91 Å². The molecule has 1 fully saturated rings. The van der Waals surface area contributed by atoms with Crippen molar-refractivity contribution in [1.82, 2.24) is 10.3 Å². The maximum atomic E-state index is 11.7. The average Bonchev–Trinajstić information content (AvgIpc) is 2.87. The molecule has 5 nitrogen and oxygen atoms in total. The van der Waals surface area contributed by atoms with Crippen molar-refractivity contribution in [3.05, 3.63) is 23.9 Å². The van der Waals surface area contributed by atoms with E-state index in [1.165, 1.54) is 12.8 Å². The van der Waals surface area contributed by atoms with Crippen LogP contribution in [-0.2, 0) is 4.74 Å². The molecule has 1 heterocycles. The van der Waals surface area contributed by atoms with Gasteiger partial charge in [-0.05, 0) is 25.0 Å². The van der Waals surface area contributed by atoms with Gasteiger partial charge in [0.2, 0.25) is 0 Å². The normalized spacial score (nSPS) is 15.8. The minimum absolute atomic E-state index is 0.211. The summed E-state index contributed by atoms with van der Waals surface area (Å²) in [4.78, 5) is 15.7. The lowest BCUT2D eigenvalue weighted by Gasteiger charge is -2.11. The van der Waals surface area contributed by atoms with Gasteiger partial charge in [-0.3, -0.25) is 4.79 Å². The second kappa shape index (κ2) is 6.35. The van der Waals surface area contributed by atoms with E-state index in [2.05, 4.69) is 10.3 Å². The summed E-state index contributed by atoms with van der Waals surface area (Å²) in [5.41, 5.74) is 5.86. The van der Waals surface area contributed by atoms with Gasteiger partial charge >= 0.3 is 0 Å². The molecule has 5 heteroatoms. The van der Waals surface area contributed by atoms with Gasteiger partial charge in [-0.25, -0.2) is 4.98 Å². The number of pyridine rings is 1. The van der Waals surface area contributed by atoms with Crippen molar-refractivity contribution in [2.45, 2.75) is 31.8 Å². The summed E-state index contributed by atoms with van der Waals surface area (Å²) in [7, 11) is 0. The number of amides is 1. The first-order valence-corrected chi connectivity index (χ1v) is 6.38. The zero-order chi connectivity index (χ0) is 12.8. The van der Waals surface area contributed by atoms with E-state index in [0.29, 0.717) is 30.8 Å². The van der Waals surface area contributed by atoms with Crippen LogP contribution in [0.15, 0.2) is 18.2 Å².